The monoisotopic (exact) mass is 433 g/mol. The van der Waals surface area contributed by atoms with Crippen LogP contribution in [0.4, 0.5) is 11.4 Å². The quantitative estimate of drug-likeness (QED) is 0.529. The molecular formula is C20H23N3O6S. The lowest BCUT2D eigenvalue weighted by molar-refractivity contribution is -0.384. The van der Waals surface area contributed by atoms with Crippen molar-refractivity contribution in [3.8, 4) is 5.75 Å². The van der Waals surface area contributed by atoms with Crippen molar-refractivity contribution in [1.29, 1.82) is 0 Å². The molecule has 0 saturated carbocycles. The number of hydrogen-bond acceptors (Lipinski definition) is 6. The number of fused-ring (bicyclic) bond motifs is 1. The number of sulfonamides is 1. The van der Waals surface area contributed by atoms with Gasteiger partial charge in [0, 0.05) is 12.1 Å². The summed E-state index contributed by atoms with van der Waals surface area (Å²) in [6.07, 6.45) is 3.54. The van der Waals surface area contributed by atoms with Crippen molar-refractivity contribution in [3.63, 3.8) is 0 Å². The highest BCUT2D eigenvalue weighted by molar-refractivity contribution is 7.92. The Hall–Kier alpha value is -3.14. The van der Waals surface area contributed by atoms with E-state index in [2.05, 4.69) is 5.32 Å². The number of carbonyl (C=O) groups is 1. The first kappa shape index (κ1) is 21.6. The number of aryl methyl sites for hydroxylation is 1. The smallest absolute Gasteiger partial charge is 0.271 e. The van der Waals surface area contributed by atoms with Gasteiger partial charge in [0.05, 0.1) is 24.3 Å². The molecule has 10 heteroatoms. The van der Waals surface area contributed by atoms with Crippen LogP contribution in [0.2, 0.25) is 0 Å². The number of methoxy groups -OCH3 is 1. The van der Waals surface area contributed by atoms with Crippen LogP contribution in [0.15, 0.2) is 42.5 Å². The molecule has 2 aromatic carbocycles. The summed E-state index contributed by atoms with van der Waals surface area (Å²) in [5.41, 5.74) is 1.82. The molecule has 160 valence electrons. The van der Waals surface area contributed by atoms with E-state index in [1.165, 1.54) is 19.2 Å². The summed E-state index contributed by atoms with van der Waals surface area (Å²) in [6, 6.07) is 11.2. The summed E-state index contributed by atoms with van der Waals surface area (Å²) >= 11 is 0. The van der Waals surface area contributed by atoms with Crippen molar-refractivity contribution >= 4 is 27.3 Å². The lowest BCUT2D eigenvalue weighted by Crippen LogP contribution is -2.42. The second kappa shape index (κ2) is 8.70. The maximum absolute atomic E-state index is 12.8. The Labute approximate surface area is 174 Å². The van der Waals surface area contributed by atoms with Gasteiger partial charge < -0.3 is 10.1 Å². The average molecular weight is 433 g/mol. The van der Waals surface area contributed by atoms with Crippen LogP contribution in [0.1, 0.15) is 30.0 Å². The molecule has 1 aliphatic carbocycles. The molecule has 2 aromatic rings. The summed E-state index contributed by atoms with van der Waals surface area (Å²) in [7, 11) is -2.60. The van der Waals surface area contributed by atoms with E-state index in [-0.39, 0.29) is 23.2 Å². The largest absolute Gasteiger partial charge is 0.495 e. The highest BCUT2D eigenvalue weighted by atomic mass is 32.2. The van der Waals surface area contributed by atoms with Crippen LogP contribution in [0.5, 0.6) is 5.75 Å². The summed E-state index contributed by atoms with van der Waals surface area (Å²) in [5.74, 6) is -0.391. The molecule has 1 amide bonds. The molecule has 0 bridgehead atoms. The van der Waals surface area contributed by atoms with Crippen LogP contribution in [0.25, 0.3) is 0 Å². The van der Waals surface area contributed by atoms with Crippen molar-refractivity contribution in [2.24, 2.45) is 0 Å². The number of nitrogens with zero attached hydrogens (tertiary/aromatic N) is 2. The second-order valence-corrected chi connectivity index (χ2v) is 9.00. The first-order chi connectivity index (χ1) is 14.2. The summed E-state index contributed by atoms with van der Waals surface area (Å²) in [6.45, 7) is -0.519. The van der Waals surface area contributed by atoms with Crippen molar-refractivity contribution < 1.29 is 22.9 Å². The fourth-order valence-corrected chi connectivity index (χ4v) is 4.49. The number of ether oxygens (including phenoxy) is 1. The zero-order chi connectivity index (χ0) is 21.9. The van der Waals surface area contributed by atoms with Gasteiger partial charge in [0.15, 0.2) is 0 Å². The van der Waals surface area contributed by atoms with Gasteiger partial charge in [-0.05, 0) is 36.5 Å². The molecule has 0 fully saturated rings. The average Bonchev–Trinajstić information content (AvgIpc) is 2.71. The number of anilines is 1. The molecule has 3 rings (SSSR count). The molecule has 0 spiro atoms. The number of benzene rings is 2. The first-order valence-electron chi connectivity index (χ1n) is 9.38. The molecule has 30 heavy (non-hydrogen) atoms. The Kier molecular flexibility index (Phi) is 6.25. The van der Waals surface area contributed by atoms with Crippen LogP contribution in [0, 0.1) is 10.1 Å². The number of non-ortho nitro benzene ring substituents is 1. The van der Waals surface area contributed by atoms with E-state index in [9.17, 15) is 23.3 Å². The van der Waals surface area contributed by atoms with Crippen LogP contribution in [-0.2, 0) is 21.2 Å². The minimum Gasteiger partial charge on any atom is -0.495 e. The van der Waals surface area contributed by atoms with Gasteiger partial charge in [0.2, 0.25) is 15.9 Å². The number of rotatable bonds is 7. The Balaban J connectivity index is 1.88. The third-order valence-corrected chi connectivity index (χ3v) is 6.16. The Bertz CT molecular complexity index is 1070. The molecule has 0 radical (unpaired) electrons. The summed E-state index contributed by atoms with van der Waals surface area (Å²) < 4.78 is 30.9. The van der Waals surface area contributed by atoms with Crippen molar-refractivity contribution in [2.45, 2.75) is 25.3 Å². The van der Waals surface area contributed by atoms with E-state index in [4.69, 9.17) is 4.74 Å². The molecular weight excluding hydrogens is 410 g/mol. The zero-order valence-electron chi connectivity index (χ0n) is 16.7. The number of carbonyl (C=O) groups excluding carboxylic acids is 1. The minimum absolute atomic E-state index is 0.0617. The molecule has 1 N–H and O–H groups in total. The van der Waals surface area contributed by atoms with Crippen molar-refractivity contribution in [3.05, 3.63) is 63.7 Å². The fourth-order valence-electron chi connectivity index (χ4n) is 3.64. The number of hydrogen-bond donors (Lipinski definition) is 1. The minimum atomic E-state index is -3.92. The normalized spacial score (nSPS) is 15.7. The van der Waals surface area contributed by atoms with Gasteiger partial charge in [-0.3, -0.25) is 19.2 Å². The standard InChI is InChI=1S/C20H23N3O6S/c1-29-19-11-10-15(23(25)26)12-18(19)22(30(2,27)28)13-20(24)21-17-9-5-7-14-6-3-4-8-16(14)17/h3-4,6,8,10-12,17H,5,7,9,13H2,1-2H3,(H,21,24)/t17-/m0/s1. The Morgan fingerprint density at radius 2 is 2.03 bits per heavy atom. The number of nitro benzene ring substituents is 1. The van der Waals surface area contributed by atoms with E-state index < -0.39 is 27.4 Å². The van der Waals surface area contributed by atoms with Crippen LogP contribution >= 0.6 is 0 Å². The molecule has 9 nitrogen and oxygen atoms in total. The van der Waals surface area contributed by atoms with E-state index in [0.29, 0.717) is 0 Å². The maximum atomic E-state index is 12.8. The van der Waals surface area contributed by atoms with Gasteiger partial charge in [-0.2, -0.15) is 0 Å². The summed E-state index contributed by atoms with van der Waals surface area (Å²) in [4.78, 5) is 23.3. The third-order valence-electron chi connectivity index (χ3n) is 5.03. The van der Waals surface area contributed by atoms with E-state index in [0.717, 1.165) is 47.0 Å². The number of nitrogens with one attached hydrogen (secondary N) is 1. The predicted octanol–water partition coefficient (Wildman–Crippen LogP) is 2.56. The molecule has 0 saturated heterocycles. The summed E-state index contributed by atoms with van der Waals surface area (Å²) in [5, 5.41) is 14.0. The van der Waals surface area contributed by atoms with Crippen molar-refractivity contribution in [1.82, 2.24) is 5.32 Å². The van der Waals surface area contributed by atoms with Gasteiger partial charge in [-0.15, -0.1) is 0 Å². The number of amides is 1. The fraction of sp³-hybridized carbons (Fsp3) is 0.350. The highest BCUT2D eigenvalue weighted by Crippen LogP contribution is 2.34. The first-order valence-corrected chi connectivity index (χ1v) is 11.2. The highest BCUT2D eigenvalue weighted by Gasteiger charge is 2.28. The van der Waals surface area contributed by atoms with E-state index in [1.54, 1.807) is 0 Å². The van der Waals surface area contributed by atoms with E-state index in [1.807, 2.05) is 24.3 Å². The lowest BCUT2D eigenvalue weighted by atomic mass is 9.88. The van der Waals surface area contributed by atoms with Crippen LogP contribution in [0.3, 0.4) is 0 Å². The predicted molar refractivity (Wildman–Crippen MR) is 112 cm³/mol. The van der Waals surface area contributed by atoms with Crippen LogP contribution in [-0.4, -0.2) is 39.2 Å². The zero-order valence-corrected chi connectivity index (χ0v) is 17.5. The van der Waals surface area contributed by atoms with E-state index >= 15 is 0 Å². The molecule has 0 aromatic heterocycles. The SMILES string of the molecule is COc1ccc([N+](=O)[O-])cc1N(CC(=O)N[C@H]1CCCc2ccccc21)S(C)(=O)=O. The van der Waals surface area contributed by atoms with Gasteiger partial charge >= 0.3 is 0 Å². The Morgan fingerprint density at radius 1 is 1.30 bits per heavy atom. The molecule has 1 aliphatic rings. The lowest BCUT2D eigenvalue weighted by Gasteiger charge is -2.28. The topological polar surface area (TPSA) is 119 Å². The molecule has 0 heterocycles. The van der Waals surface area contributed by atoms with Gasteiger partial charge in [-0.25, -0.2) is 8.42 Å². The molecule has 1 atom stereocenters. The van der Waals surface area contributed by atoms with Gasteiger partial charge in [0.25, 0.3) is 5.69 Å². The maximum Gasteiger partial charge on any atom is 0.271 e. The third kappa shape index (κ3) is 4.70. The van der Waals surface area contributed by atoms with Crippen LogP contribution < -0.4 is 14.4 Å². The van der Waals surface area contributed by atoms with Crippen molar-refractivity contribution in [2.75, 3.05) is 24.2 Å². The van der Waals surface area contributed by atoms with Gasteiger partial charge in [0.1, 0.15) is 18.0 Å². The molecule has 0 aliphatic heterocycles. The second-order valence-electron chi connectivity index (χ2n) is 7.09. The van der Waals surface area contributed by atoms with Gasteiger partial charge in [-0.1, -0.05) is 24.3 Å². The molecule has 0 unspecified atom stereocenters. The Morgan fingerprint density at radius 3 is 2.70 bits per heavy atom. The number of nitro groups is 1.